The number of carbonyl (C=O) groups is 2. The first-order chi connectivity index (χ1) is 10.0. The number of amides is 2. The molecule has 0 aromatic rings. The Labute approximate surface area is 126 Å². The van der Waals surface area contributed by atoms with Crippen molar-refractivity contribution in [2.24, 2.45) is 11.8 Å². The molecular formula is C16H26N2O3. The third kappa shape index (κ3) is 3.01. The summed E-state index contributed by atoms with van der Waals surface area (Å²) >= 11 is 0. The predicted molar refractivity (Wildman–Crippen MR) is 79.0 cm³/mol. The molecule has 5 heteroatoms. The molecule has 2 bridgehead atoms. The summed E-state index contributed by atoms with van der Waals surface area (Å²) < 4.78 is 0. The number of aliphatic carboxylic acids is 1. The van der Waals surface area contributed by atoms with Crippen LogP contribution in [0.2, 0.25) is 0 Å². The van der Waals surface area contributed by atoms with Crippen molar-refractivity contribution in [2.45, 2.75) is 76.4 Å². The van der Waals surface area contributed by atoms with Crippen molar-refractivity contribution in [1.29, 1.82) is 0 Å². The Bertz CT molecular complexity index is 412. The third-order valence-electron chi connectivity index (χ3n) is 5.70. The van der Waals surface area contributed by atoms with E-state index in [2.05, 4.69) is 12.2 Å². The van der Waals surface area contributed by atoms with Gasteiger partial charge in [-0.05, 0) is 50.4 Å². The smallest absolute Gasteiger partial charge is 0.318 e. The van der Waals surface area contributed by atoms with Gasteiger partial charge in [0.05, 0.1) is 0 Å². The Hall–Kier alpha value is -1.26. The van der Waals surface area contributed by atoms with Gasteiger partial charge in [-0.2, -0.15) is 0 Å². The van der Waals surface area contributed by atoms with Gasteiger partial charge in [0, 0.05) is 24.5 Å². The maximum atomic E-state index is 12.6. The molecule has 4 atom stereocenters. The van der Waals surface area contributed by atoms with E-state index in [0.29, 0.717) is 12.0 Å². The van der Waals surface area contributed by atoms with Gasteiger partial charge < -0.3 is 15.3 Å². The number of piperidine rings is 1. The Morgan fingerprint density at radius 2 is 1.81 bits per heavy atom. The van der Waals surface area contributed by atoms with Crippen LogP contribution in [0.5, 0.6) is 0 Å². The number of nitrogens with zero attached hydrogens (tertiary/aromatic N) is 1. The molecule has 3 aliphatic rings. The van der Waals surface area contributed by atoms with Crippen LogP contribution in [0.1, 0.15) is 58.3 Å². The van der Waals surface area contributed by atoms with Crippen molar-refractivity contribution < 1.29 is 14.7 Å². The van der Waals surface area contributed by atoms with Gasteiger partial charge in [-0.3, -0.25) is 4.79 Å². The molecule has 21 heavy (non-hydrogen) atoms. The second-order valence-corrected chi connectivity index (χ2v) is 7.19. The second kappa shape index (κ2) is 5.85. The summed E-state index contributed by atoms with van der Waals surface area (Å²) in [5, 5.41) is 12.2. The van der Waals surface area contributed by atoms with Gasteiger partial charge in [-0.25, -0.2) is 4.79 Å². The largest absolute Gasteiger partial charge is 0.481 e. The first kappa shape index (κ1) is 14.7. The van der Waals surface area contributed by atoms with E-state index in [1.54, 1.807) is 0 Å². The zero-order valence-electron chi connectivity index (χ0n) is 12.8. The van der Waals surface area contributed by atoms with Gasteiger partial charge in [0.2, 0.25) is 0 Å². The molecule has 3 fully saturated rings. The average molecular weight is 294 g/mol. The van der Waals surface area contributed by atoms with Crippen LogP contribution in [-0.4, -0.2) is 40.1 Å². The fourth-order valence-corrected chi connectivity index (χ4v) is 4.63. The number of rotatable bonds is 3. The van der Waals surface area contributed by atoms with Crippen LogP contribution in [0.4, 0.5) is 4.79 Å². The summed E-state index contributed by atoms with van der Waals surface area (Å²) in [4.78, 5) is 25.5. The van der Waals surface area contributed by atoms with E-state index in [-0.39, 0.29) is 30.5 Å². The van der Waals surface area contributed by atoms with Gasteiger partial charge in [0.15, 0.2) is 0 Å². The Morgan fingerprint density at radius 1 is 1.14 bits per heavy atom. The van der Waals surface area contributed by atoms with Crippen LogP contribution in [0, 0.1) is 11.8 Å². The lowest BCUT2D eigenvalue weighted by Crippen LogP contribution is -2.53. The maximum Gasteiger partial charge on any atom is 0.318 e. The molecular weight excluding hydrogens is 268 g/mol. The highest BCUT2D eigenvalue weighted by atomic mass is 16.4. The van der Waals surface area contributed by atoms with E-state index in [1.807, 2.05) is 4.90 Å². The monoisotopic (exact) mass is 294 g/mol. The molecule has 0 aromatic carbocycles. The van der Waals surface area contributed by atoms with E-state index >= 15 is 0 Å². The fourth-order valence-electron chi connectivity index (χ4n) is 4.63. The number of urea groups is 1. The molecule has 1 saturated carbocycles. The minimum absolute atomic E-state index is 0.0926. The number of carboxylic acid groups (broad SMARTS) is 1. The zero-order chi connectivity index (χ0) is 15.0. The third-order valence-corrected chi connectivity index (χ3v) is 5.70. The van der Waals surface area contributed by atoms with Crippen molar-refractivity contribution in [3.63, 3.8) is 0 Å². The average Bonchev–Trinajstić information content (AvgIpc) is 2.91. The highest BCUT2D eigenvalue weighted by Gasteiger charge is 2.44. The molecule has 2 aliphatic heterocycles. The normalized spacial score (nSPS) is 38.5. The standard InChI is InChI=1S/C16H26N2O3/c1-10-3-2-4-14(10)17-16(21)18-12-5-6-13(18)8-11(7-12)9-15(19)20/h10-14H,2-9H2,1H3,(H,17,21)(H,19,20). The SMILES string of the molecule is CC1CCCC1NC(=O)N1C2CCC1CC(CC(=O)O)C2. The molecule has 1 aliphatic carbocycles. The van der Waals surface area contributed by atoms with Gasteiger partial charge in [0.25, 0.3) is 0 Å². The lowest BCUT2D eigenvalue weighted by Gasteiger charge is -2.39. The minimum Gasteiger partial charge on any atom is -0.481 e. The quantitative estimate of drug-likeness (QED) is 0.840. The number of nitrogens with one attached hydrogen (secondary N) is 1. The predicted octanol–water partition coefficient (Wildman–Crippen LogP) is 2.60. The van der Waals surface area contributed by atoms with E-state index in [0.717, 1.165) is 32.1 Å². The fraction of sp³-hybridized carbons (Fsp3) is 0.875. The minimum atomic E-state index is -0.711. The summed E-state index contributed by atoms with van der Waals surface area (Å²) in [5.74, 6) is 0.114. The van der Waals surface area contributed by atoms with Crippen LogP contribution in [0.3, 0.4) is 0 Å². The van der Waals surface area contributed by atoms with Gasteiger partial charge in [0.1, 0.15) is 0 Å². The van der Waals surface area contributed by atoms with Gasteiger partial charge >= 0.3 is 12.0 Å². The Balaban J connectivity index is 1.59. The van der Waals surface area contributed by atoms with Crippen molar-refractivity contribution in [2.75, 3.05) is 0 Å². The zero-order valence-corrected chi connectivity index (χ0v) is 12.8. The van der Waals surface area contributed by atoms with E-state index in [9.17, 15) is 9.59 Å². The lowest BCUT2D eigenvalue weighted by atomic mass is 9.88. The molecule has 0 spiro atoms. The van der Waals surface area contributed by atoms with Gasteiger partial charge in [-0.1, -0.05) is 13.3 Å². The lowest BCUT2D eigenvalue weighted by molar-refractivity contribution is -0.138. The van der Waals surface area contributed by atoms with Crippen molar-refractivity contribution in [3.8, 4) is 0 Å². The molecule has 2 N–H and O–H groups in total. The second-order valence-electron chi connectivity index (χ2n) is 7.19. The molecule has 4 unspecified atom stereocenters. The van der Waals surface area contributed by atoms with E-state index in [4.69, 9.17) is 5.11 Å². The van der Waals surface area contributed by atoms with Crippen LogP contribution in [0.25, 0.3) is 0 Å². The number of fused-ring (bicyclic) bond motifs is 2. The summed E-state index contributed by atoms with van der Waals surface area (Å²) in [7, 11) is 0. The van der Waals surface area contributed by atoms with Crippen LogP contribution >= 0.6 is 0 Å². The molecule has 3 rings (SSSR count). The summed E-state index contributed by atoms with van der Waals surface area (Å²) in [6.07, 6.45) is 7.55. The molecule has 2 heterocycles. The number of hydrogen-bond acceptors (Lipinski definition) is 2. The number of carbonyl (C=O) groups excluding carboxylic acids is 1. The van der Waals surface area contributed by atoms with Crippen molar-refractivity contribution in [1.82, 2.24) is 10.2 Å². The van der Waals surface area contributed by atoms with E-state index < -0.39 is 5.97 Å². The highest BCUT2D eigenvalue weighted by molar-refractivity contribution is 5.76. The number of carboxylic acids is 1. The molecule has 2 amide bonds. The van der Waals surface area contributed by atoms with Crippen molar-refractivity contribution in [3.05, 3.63) is 0 Å². The summed E-state index contributed by atoms with van der Waals surface area (Å²) in [6.45, 7) is 2.21. The first-order valence-electron chi connectivity index (χ1n) is 8.35. The van der Waals surface area contributed by atoms with Crippen LogP contribution in [-0.2, 0) is 4.79 Å². The molecule has 0 radical (unpaired) electrons. The topological polar surface area (TPSA) is 69.6 Å². The maximum absolute atomic E-state index is 12.6. The summed E-state index contributed by atoms with van der Waals surface area (Å²) in [5.41, 5.74) is 0. The van der Waals surface area contributed by atoms with Crippen LogP contribution < -0.4 is 5.32 Å². The first-order valence-corrected chi connectivity index (χ1v) is 8.35. The Morgan fingerprint density at radius 3 is 2.33 bits per heavy atom. The molecule has 5 nitrogen and oxygen atoms in total. The highest BCUT2D eigenvalue weighted by Crippen LogP contribution is 2.40. The van der Waals surface area contributed by atoms with E-state index in [1.165, 1.54) is 12.8 Å². The van der Waals surface area contributed by atoms with Crippen LogP contribution in [0.15, 0.2) is 0 Å². The van der Waals surface area contributed by atoms with Crippen molar-refractivity contribution >= 4 is 12.0 Å². The molecule has 0 aromatic heterocycles. The summed E-state index contributed by atoms with van der Waals surface area (Å²) in [6, 6.07) is 0.929. The molecule has 118 valence electrons. The molecule has 2 saturated heterocycles. The Kier molecular flexibility index (Phi) is 4.09. The van der Waals surface area contributed by atoms with Gasteiger partial charge in [-0.15, -0.1) is 0 Å². The number of hydrogen-bond donors (Lipinski definition) is 2.